The number of rotatable bonds is 5. The van der Waals surface area contributed by atoms with E-state index in [1.165, 1.54) is 12.8 Å². The van der Waals surface area contributed by atoms with E-state index in [9.17, 15) is 0 Å². The fourth-order valence-electron chi connectivity index (χ4n) is 2.93. The smallest absolute Gasteiger partial charge is 0.193 e. The van der Waals surface area contributed by atoms with Crippen LogP contribution in [0.4, 0.5) is 0 Å². The number of nitrogens with one attached hydrogen (secondary N) is 1. The van der Waals surface area contributed by atoms with Gasteiger partial charge in [0.15, 0.2) is 5.96 Å². The molecule has 2 heterocycles. The van der Waals surface area contributed by atoms with Gasteiger partial charge in [0.25, 0.3) is 0 Å². The Bertz CT molecular complexity index is 410. The van der Waals surface area contributed by atoms with E-state index < -0.39 is 0 Å². The molecule has 5 heteroatoms. The summed E-state index contributed by atoms with van der Waals surface area (Å²) in [5.41, 5.74) is 0. The van der Waals surface area contributed by atoms with E-state index >= 15 is 0 Å². The standard InChI is InChI=1S/C15H27N5/c1-13(2)11-14-5-9-19(12-14)15(16-3)17-7-10-20-8-4-6-18-20/h4,6,8,13-14H,5,7,9-12H2,1-3H3,(H,16,17). The fraction of sp³-hybridized carbons (Fsp3) is 0.733. The van der Waals surface area contributed by atoms with Gasteiger partial charge in [-0.2, -0.15) is 5.10 Å². The average Bonchev–Trinajstić information content (AvgIpc) is 3.05. The molecule has 0 aromatic carbocycles. The molecule has 1 aliphatic heterocycles. The van der Waals surface area contributed by atoms with Gasteiger partial charge in [0.2, 0.25) is 0 Å². The first-order valence-electron chi connectivity index (χ1n) is 7.62. The maximum atomic E-state index is 4.40. The summed E-state index contributed by atoms with van der Waals surface area (Å²) < 4.78 is 1.94. The van der Waals surface area contributed by atoms with Gasteiger partial charge in [-0.05, 0) is 30.7 Å². The van der Waals surface area contributed by atoms with Gasteiger partial charge in [0.1, 0.15) is 0 Å². The third kappa shape index (κ3) is 4.25. The Morgan fingerprint density at radius 3 is 3.00 bits per heavy atom. The molecule has 5 nitrogen and oxygen atoms in total. The van der Waals surface area contributed by atoms with Crippen molar-refractivity contribution in [1.29, 1.82) is 0 Å². The van der Waals surface area contributed by atoms with Crippen molar-refractivity contribution in [3.63, 3.8) is 0 Å². The summed E-state index contributed by atoms with van der Waals surface area (Å²) >= 11 is 0. The highest BCUT2D eigenvalue weighted by atomic mass is 15.3. The fourth-order valence-corrected chi connectivity index (χ4v) is 2.93. The minimum absolute atomic E-state index is 0.787. The van der Waals surface area contributed by atoms with Gasteiger partial charge in [-0.1, -0.05) is 13.8 Å². The van der Waals surface area contributed by atoms with E-state index in [2.05, 4.69) is 34.2 Å². The number of guanidine groups is 1. The van der Waals surface area contributed by atoms with Crippen LogP contribution >= 0.6 is 0 Å². The zero-order valence-electron chi connectivity index (χ0n) is 12.9. The zero-order chi connectivity index (χ0) is 14.4. The van der Waals surface area contributed by atoms with Crippen LogP contribution in [-0.2, 0) is 6.54 Å². The first-order chi connectivity index (χ1) is 9.69. The first-order valence-corrected chi connectivity index (χ1v) is 7.62. The van der Waals surface area contributed by atoms with Crippen LogP contribution < -0.4 is 5.32 Å². The maximum absolute atomic E-state index is 4.40. The van der Waals surface area contributed by atoms with E-state index in [1.807, 2.05) is 30.2 Å². The van der Waals surface area contributed by atoms with E-state index in [-0.39, 0.29) is 0 Å². The molecule has 0 aliphatic carbocycles. The highest BCUT2D eigenvalue weighted by Crippen LogP contribution is 2.23. The molecule has 0 spiro atoms. The summed E-state index contributed by atoms with van der Waals surface area (Å²) in [7, 11) is 1.87. The molecule has 0 saturated carbocycles. The number of likely N-dealkylation sites (tertiary alicyclic amines) is 1. The molecule has 1 fully saturated rings. The molecule has 0 amide bonds. The molecule has 2 rings (SSSR count). The van der Waals surface area contributed by atoms with Gasteiger partial charge in [-0.15, -0.1) is 0 Å². The summed E-state index contributed by atoms with van der Waals surface area (Å²) in [4.78, 5) is 6.79. The molecule has 1 atom stereocenters. The number of aromatic nitrogens is 2. The van der Waals surface area contributed by atoms with Crippen molar-refractivity contribution in [3.05, 3.63) is 18.5 Å². The Labute approximate surface area is 122 Å². The SMILES string of the molecule is CN=C(NCCn1cccn1)N1CCC(CC(C)C)C1. The van der Waals surface area contributed by atoms with Gasteiger partial charge in [-0.3, -0.25) is 9.67 Å². The van der Waals surface area contributed by atoms with E-state index in [0.717, 1.165) is 44.0 Å². The average molecular weight is 277 g/mol. The van der Waals surface area contributed by atoms with Crippen molar-refractivity contribution in [2.45, 2.75) is 33.2 Å². The van der Waals surface area contributed by atoms with Crippen LogP contribution in [-0.4, -0.2) is 47.3 Å². The monoisotopic (exact) mass is 277 g/mol. The molecule has 0 bridgehead atoms. The van der Waals surface area contributed by atoms with Crippen LogP contribution in [0.2, 0.25) is 0 Å². The van der Waals surface area contributed by atoms with E-state index in [0.29, 0.717) is 0 Å². The van der Waals surface area contributed by atoms with Crippen molar-refractivity contribution >= 4 is 5.96 Å². The second-order valence-corrected chi connectivity index (χ2v) is 5.97. The first kappa shape index (κ1) is 14.9. The summed E-state index contributed by atoms with van der Waals surface area (Å²) in [6.07, 6.45) is 6.41. The van der Waals surface area contributed by atoms with Crippen LogP contribution in [0.15, 0.2) is 23.5 Å². The molecule has 1 N–H and O–H groups in total. The second kappa shape index (κ2) is 7.31. The third-order valence-electron chi connectivity index (χ3n) is 3.79. The molecule has 20 heavy (non-hydrogen) atoms. The molecule has 0 radical (unpaired) electrons. The summed E-state index contributed by atoms with van der Waals surface area (Å²) in [6.45, 7) is 8.60. The number of aliphatic imine (C=N–C) groups is 1. The maximum Gasteiger partial charge on any atom is 0.193 e. The molecular weight excluding hydrogens is 250 g/mol. The molecule has 1 aromatic rings. The van der Waals surface area contributed by atoms with Crippen molar-refractivity contribution in [3.8, 4) is 0 Å². The van der Waals surface area contributed by atoms with Crippen LogP contribution in [0.25, 0.3) is 0 Å². The van der Waals surface area contributed by atoms with Crippen molar-refractivity contribution in [1.82, 2.24) is 20.0 Å². The van der Waals surface area contributed by atoms with Crippen molar-refractivity contribution in [2.75, 3.05) is 26.7 Å². The number of hydrogen-bond donors (Lipinski definition) is 1. The molecule has 1 aliphatic rings. The van der Waals surface area contributed by atoms with Gasteiger partial charge < -0.3 is 10.2 Å². The highest BCUT2D eigenvalue weighted by molar-refractivity contribution is 5.80. The number of nitrogens with zero attached hydrogens (tertiary/aromatic N) is 4. The lowest BCUT2D eigenvalue weighted by atomic mass is 9.97. The largest absolute Gasteiger partial charge is 0.354 e. The van der Waals surface area contributed by atoms with E-state index in [1.54, 1.807) is 0 Å². The lowest BCUT2D eigenvalue weighted by molar-refractivity contribution is 0.402. The predicted molar refractivity (Wildman–Crippen MR) is 82.7 cm³/mol. The minimum Gasteiger partial charge on any atom is -0.354 e. The topological polar surface area (TPSA) is 45.5 Å². The Morgan fingerprint density at radius 1 is 1.50 bits per heavy atom. The quantitative estimate of drug-likeness (QED) is 0.660. The van der Waals surface area contributed by atoms with Crippen LogP contribution in [0.1, 0.15) is 26.7 Å². The predicted octanol–water partition coefficient (Wildman–Crippen LogP) is 1.83. The van der Waals surface area contributed by atoms with Crippen LogP contribution in [0, 0.1) is 11.8 Å². The normalized spacial score (nSPS) is 19.9. The zero-order valence-corrected chi connectivity index (χ0v) is 12.9. The molecular formula is C15H27N5. The van der Waals surface area contributed by atoms with Crippen molar-refractivity contribution < 1.29 is 0 Å². The van der Waals surface area contributed by atoms with Crippen LogP contribution in [0.5, 0.6) is 0 Å². The van der Waals surface area contributed by atoms with Crippen LogP contribution in [0.3, 0.4) is 0 Å². The summed E-state index contributed by atoms with van der Waals surface area (Å²) in [5, 5.41) is 7.64. The molecule has 1 unspecified atom stereocenters. The Hall–Kier alpha value is -1.52. The highest BCUT2D eigenvalue weighted by Gasteiger charge is 2.25. The second-order valence-electron chi connectivity index (χ2n) is 5.97. The summed E-state index contributed by atoms with van der Waals surface area (Å²) in [5.74, 6) is 2.64. The lowest BCUT2D eigenvalue weighted by Gasteiger charge is -2.22. The van der Waals surface area contributed by atoms with Gasteiger partial charge >= 0.3 is 0 Å². The van der Waals surface area contributed by atoms with E-state index in [4.69, 9.17) is 0 Å². The Balaban J connectivity index is 1.75. The van der Waals surface area contributed by atoms with Gasteiger partial charge in [0.05, 0.1) is 6.54 Å². The molecule has 1 aromatic heterocycles. The van der Waals surface area contributed by atoms with Crippen molar-refractivity contribution in [2.24, 2.45) is 16.8 Å². The number of hydrogen-bond acceptors (Lipinski definition) is 2. The Kier molecular flexibility index (Phi) is 5.44. The Morgan fingerprint density at radius 2 is 2.35 bits per heavy atom. The van der Waals surface area contributed by atoms with Gasteiger partial charge in [-0.25, -0.2) is 0 Å². The minimum atomic E-state index is 0.787. The molecule has 112 valence electrons. The molecule has 1 saturated heterocycles. The van der Waals surface area contributed by atoms with Gasteiger partial charge in [0, 0.05) is 39.1 Å². The third-order valence-corrected chi connectivity index (χ3v) is 3.79. The summed E-state index contributed by atoms with van der Waals surface area (Å²) in [6, 6.07) is 1.95. The lowest BCUT2D eigenvalue weighted by Crippen LogP contribution is -2.41.